The fourth-order valence-corrected chi connectivity index (χ4v) is 2.14. The van der Waals surface area contributed by atoms with Crippen LogP contribution in [0.5, 0.6) is 0 Å². The number of likely N-dealkylation sites (tertiary alicyclic amines) is 1. The summed E-state index contributed by atoms with van der Waals surface area (Å²) in [7, 11) is 2.05. The van der Waals surface area contributed by atoms with Crippen LogP contribution in [0.2, 0.25) is 0 Å². The normalized spacial score (nSPS) is 21.6. The van der Waals surface area contributed by atoms with Gasteiger partial charge in [0.2, 0.25) is 0 Å². The molecule has 1 aliphatic rings. The molecule has 0 aromatic carbocycles. The first-order valence-electron chi connectivity index (χ1n) is 5.70. The van der Waals surface area contributed by atoms with Crippen LogP contribution in [0, 0.1) is 0 Å². The summed E-state index contributed by atoms with van der Waals surface area (Å²) in [6, 6.07) is 0.650. The van der Waals surface area contributed by atoms with E-state index in [1.54, 1.807) is 0 Å². The second-order valence-electron chi connectivity index (χ2n) is 4.31. The van der Waals surface area contributed by atoms with Gasteiger partial charge >= 0.3 is 0 Å². The van der Waals surface area contributed by atoms with Crippen LogP contribution in [0.4, 0.5) is 0 Å². The number of aromatic nitrogens is 2. The Kier molecular flexibility index (Phi) is 3.38. The highest BCUT2D eigenvalue weighted by atomic mass is 15.2. The number of aryl methyl sites for hydroxylation is 2. The van der Waals surface area contributed by atoms with Crippen molar-refractivity contribution in [3.05, 3.63) is 18.2 Å². The highest BCUT2D eigenvalue weighted by Gasteiger charge is 2.25. The van der Waals surface area contributed by atoms with Crippen LogP contribution < -0.4 is 5.73 Å². The molecule has 4 heteroatoms. The van der Waals surface area contributed by atoms with E-state index in [0.717, 1.165) is 13.0 Å². The lowest BCUT2D eigenvalue weighted by molar-refractivity contribution is 0.0955. The molecule has 1 saturated heterocycles. The lowest BCUT2D eigenvalue weighted by Crippen LogP contribution is -2.51. The van der Waals surface area contributed by atoms with Crippen molar-refractivity contribution >= 4 is 0 Å². The van der Waals surface area contributed by atoms with Crippen LogP contribution >= 0.6 is 0 Å². The largest absolute Gasteiger partial charge is 0.338 e. The molecule has 1 aromatic heterocycles. The first-order valence-corrected chi connectivity index (χ1v) is 5.70. The van der Waals surface area contributed by atoms with Crippen molar-refractivity contribution in [1.29, 1.82) is 0 Å². The lowest BCUT2D eigenvalue weighted by atomic mass is 10.0. The topological polar surface area (TPSA) is 47.1 Å². The lowest BCUT2D eigenvalue weighted by Gasteiger charge is -2.40. The third kappa shape index (κ3) is 2.38. The van der Waals surface area contributed by atoms with Crippen molar-refractivity contribution in [2.75, 3.05) is 19.6 Å². The molecule has 15 heavy (non-hydrogen) atoms. The summed E-state index contributed by atoms with van der Waals surface area (Å²) < 4.78 is 2.09. The van der Waals surface area contributed by atoms with Crippen LogP contribution in [0.25, 0.3) is 0 Å². The fourth-order valence-electron chi connectivity index (χ4n) is 2.14. The van der Waals surface area contributed by atoms with E-state index in [9.17, 15) is 0 Å². The molecule has 1 aromatic rings. The Hall–Kier alpha value is -0.870. The number of nitrogens with two attached hydrogens (primary N) is 1. The molecular formula is C11H20N4. The van der Waals surface area contributed by atoms with Gasteiger partial charge in [0, 0.05) is 38.1 Å². The van der Waals surface area contributed by atoms with E-state index < -0.39 is 0 Å². The quantitative estimate of drug-likeness (QED) is 0.761. The van der Waals surface area contributed by atoms with Gasteiger partial charge in [-0.25, -0.2) is 4.98 Å². The molecule has 1 atom stereocenters. The van der Waals surface area contributed by atoms with Crippen LogP contribution in [-0.4, -0.2) is 40.1 Å². The maximum absolute atomic E-state index is 5.66. The third-order valence-corrected chi connectivity index (χ3v) is 3.33. The molecule has 0 saturated carbocycles. The predicted octanol–water partition coefficient (Wildman–Crippen LogP) is 0.386. The van der Waals surface area contributed by atoms with E-state index in [2.05, 4.69) is 21.5 Å². The molecule has 0 radical (unpaired) electrons. The van der Waals surface area contributed by atoms with Gasteiger partial charge in [-0.05, 0) is 25.8 Å². The smallest absolute Gasteiger partial charge is 0.0945 e. The number of hydrogen-bond donors (Lipinski definition) is 1. The van der Waals surface area contributed by atoms with Gasteiger partial charge in [0.1, 0.15) is 0 Å². The molecular weight excluding hydrogens is 188 g/mol. The summed E-state index contributed by atoms with van der Waals surface area (Å²) >= 11 is 0. The van der Waals surface area contributed by atoms with E-state index in [4.69, 9.17) is 5.73 Å². The van der Waals surface area contributed by atoms with E-state index in [1.165, 1.54) is 31.6 Å². The molecule has 1 fully saturated rings. The summed E-state index contributed by atoms with van der Waals surface area (Å²) in [6.07, 6.45) is 7.42. The summed E-state index contributed by atoms with van der Waals surface area (Å²) in [5.41, 5.74) is 6.98. The maximum Gasteiger partial charge on any atom is 0.0945 e. The number of rotatable bonds is 5. The van der Waals surface area contributed by atoms with E-state index in [1.807, 2.05) is 12.5 Å². The van der Waals surface area contributed by atoms with Gasteiger partial charge in [-0.2, -0.15) is 0 Å². The standard InChI is InChI=1S/C11H20N4/c1-14-9-13-8-11(14)3-2-5-15-6-4-10(15)7-12/h8-10H,2-7,12H2,1H3. The molecule has 0 bridgehead atoms. The van der Waals surface area contributed by atoms with Gasteiger partial charge in [-0.3, -0.25) is 4.90 Å². The Bertz CT molecular complexity index is 305. The Morgan fingerprint density at radius 1 is 1.60 bits per heavy atom. The molecule has 4 nitrogen and oxygen atoms in total. The van der Waals surface area contributed by atoms with E-state index in [0.29, 0.717) is 6.04 Å². The highest BCUT2D eigenvalue weighted by molar-refractivity contribution is 4.97. The van der Waals surface area contributed by atoms with E-state index in [-0.39, 0.29) is 0 Å². The Labute approximate surface area is 91.1 Å². The SMILES string of the molecule is Cn1cncc1CCCN1CCC1CN. The second kappa shape index (κ2) is 4.77. The zero-order valence-corrected chi connectivity index (χ0v) is 9.39. The minimum absolute atomic E-state index is 0.650. The average molecular weight is 208 g/mol. The Balaban J connectivity index is 1.69. The molecule has 1 unspecified atom stereocenters. The first-order chi connectivity index (χ1) is 7.31. The summed E-state index contributed by atoms with van der Waals surface area (Å²) in [5, 5.41) is 0. The second-order valence-corrected chi connectivity index (χ2v) is 4.31. The molecule has 0 spiro atoms. The van der Waals surface area contributed by atoms with Crippen molar-refractivity contribution in [2.45, 2.75) is 25.3 Å². The Morgan fingerprint density at radius 3 is 3.00 bits per heavy atom. The summed E-state index contributed by atoms with van der Waals surface area (Å²) in [6.45, 7) is 3.21. The summed E-state index contributed by atoms with van der Waals surface area (Å²) in [4.78, 5) is 6.60. The first kappa shape index (κ1) is 10.6. The fraction of sp³-hybridized carbons (Fsp3) is 0.727. The average Bonchev–Trinajstić information content (AvgIpc) is 2.58. The molecule has 2 rings (SSSR count). The van der Waals surface area contributed by atoms with Crippen LogP contribution in [-0.2, 0) is 13.5 Å². The molecule has 2 heterocycles. The van der Waals surface area contributed by atoms with Crippen LogP contribution in [0.15, 0.2) is 12.5 Å². The molecule has 0 aliphatic carbocycles. The third-order valence-electron chi connectivity index (χ3n) is 3.33. The van der Waals surface area contributed by atoms with Crippen LogP contribution in [0.1, 0.15) is 18.5 Å². The minimum atomic E-state index is 0.650. The van der Waals surface area contributed by atoms with Gasteiger partial charge in [-0.1, -0.05) is 0 Å². The molecule has 0 amide bonds. The van der Waals surface area contributed by atoms with Crippen LogP contribution in [0.3, 0.4) is 0 Å². The Morgan fingerprint density at radius 2 is 2.47 bits per heavy atom. The predicted molar refractivity (Wildman–Crippen MR) is 60.6 cm³/mol. The summed E-state index contributed by atoms with van der Waals surface area (Å²) in [5.74, 6) is 0. The van der Waals surface area contributed by atoms with Gasteiger partial charge in [-0.15, -0.1) is 0 Å². The van der Waals surface area contributed by atoms with Gasteiger partial charge in [0.15, 0.2) is 0 Å². The van der Waals surface area contributed by atoms with Crippen molar-refractivity contribution < 1.29 is 0 Å². The van der Waals surface area contributed by atoms with Gasteiger partial charge in [0.25, 0.3) is 0 Å². The minimum Gasteiger partial charge on any atom is -0.338 e. The number of nitrogens with zero attached hydrogens (tertiary/aromatic N) is 3. The maximum atomic E-state index is 5.66. The molecule has 84 valence electrons. The van der Waals surface area contributed by atoms with Gasteiger partial charge in [0.05, 0.1) is 6.33 Å². The number of hydrogen-bond acceptors (Lipinski definition) is 3. The van der Waals surface area contributed by atoms with Crippen molar-refractivity contribution in [1.82, 2.24) is 14.5 Å². The van der Waals surface area contributed by atoms with E-state index >= 15 is 0 Å². The highest BCUT2D eigenvalue weighted by Crippen LogP contribution is 2.16. The molecule has 2 N–H and O–H groups in total. The molecule has 1 aliphatic heterocycles. The number of imidazole rings is 1. The zero-order chi connectivity index (χ0) is 10.7. The van der Waals surface area contributed by atoms with Crippen molar-refractivity contribution in [3.63, 3.8) is 0 Å². The zero-order valence-electron chi connectivity index (χ0n) is 9.39. The van der Waals surface area contributed by atoms with Crippen molar-refractivity contribution in [2.24, 2.45) is 12.8 Å². The van der Waals surface area contributed by atoms with Crippen molar-refractivity contribution in [3.8, 4) is 0 Å². The monoisotopic (exact) mass is 208 g/mol. The van der Waals surface area contributed by atoms with Gasteiger partial charge < -0.3 is 10.3 Å².